The molecule has 2 N–H and O–H groups in total. The molecule has 2 unspecified atom stereocenters. The summed E-state index contributed by atoms with van der Waals surface area (Å²) in [5.74, 6) is 2.15. The highest BCUT2D eigenvalue weighted by Crippen LogP contribution is 2.31. The molecule has 1 fully saturated rings. The summed E-state index contributed by atoms with van der Waals surface area (Å²) < 4.78 is 13.1. The molecule has 40 heavy (non-hydrogen) atoms. The summed E-state index contributed by atoms with van der Waals surface area (Å²) in [6.45, 7) is 3.02. The molecule has 3 heterocycles. The third kappa shape index (κ3) is 6.35. The molecule has 1 amide bonds. The number of rotatable bonds is 11. The molecular weight excluding hydrogens is 502 g/mol. The summed E-state index contributed by atoms with van der Waals surface area (Å²) in [6.07, 6.45) is 7.36. The van der Waals surface area contributed by atoms with Gasteiger partial charge in [-0.15, -0.1) is 0 Å². The first-order valence-corrected chi connectivity index (χ1v) is 14.1. The van der Waals surface area contributed by atoms with Crippen molar-refractivity contribution in [1.82, 2.24) is 19.4 Å². The van der Waals surface area contributed by atoms with Crippen LogP contribution in [-0.2, 0) is 22.5 Å². The van der Waals surface area contributed by atoms with Gasteiger partial charge in [0, 0.05) is 63.5 Å². The number of likely N-dealkylation sites (tertiary alicyclic amines) is 1. The van der Waals surface area contributed by atoms with Gasteiger partial charge >= 0.3 is 0 Å². The van der Waals surface area contributed by atoms with Gasteiger partial charge in [-0.3, -0.25) is 9.78 Å². The molecule has 0 bridgehead atoms. The zero-order valence-electron chi connectivity index (χ0n) is 23.5. The quantitative estimate of drug-likeness (QED) is 0.274. The molecule has 0 radical (unpaired) electrons. The van der Waals surface area contributed by atoms with Crippen molar-refractivity contribution in [2.45, 2.75) is 50.6 Å². The first kappa shape index (κ1) is 27.8. The Morgan fingerprint density at radius 2 is 1.95 bits per heavy atom. The second-order valence-corrected chi connectivity index (χ2v) is 10.6. The van der Waals surface area contributed by atoms with E-state index in [1.165, 1.54) is 0 Å². The Balaban J connectivity index is 1.21. The summed E-state index contributed by atoms with van der Waals surface area (Å²) in [6, 6.07) is 18.3. The highest BCUT2D eigenvalue weighted by atomic mass is 16.5. The maximum absolute atomic E-state index is 13.3. The van der Waals surface area contributed by atoms with Gasteiger partial charge in [-0.2, -0.15) is 0 Å². The minimum Gasteiger partial charge on any atom is -0.494 e. The number of hydrogen-bond acceptors (Lipinski definition) is 6. The molecule has 1 aliphatic rings. The molecule has 2 aromatic heterocycles. The van der Waals surface area contributed by atoms with Crippen molar-refractivity contribution < 1.29 is 14.3 Å². The average molecular weight is 542 g/mol. The van der Waals surface area contributed by atoms with Gasteiger partial charge < -0.3 is 24.7 Å². The van der Waals surface area contributed by atoms with Crippen LogP contribution in [0.25, 0.3) is 22.2 Å². The van der Waals surface area contributed by atoms with Crippen LogP contribution in [0.2, 0.25) is 0 Å². The fourth-order valence-electron chi connectivity index (χ4n) is 5.75. The Hall–Kier alpha value is -3.75. The lowest BCUT2D eigenvalue weighted by Crippen LogP contribution is -2.42. The molecule has 0 saturated carbocycles. The number of aryl methyl sites for hydroxylation is 1. The van der Waals surface area contributed by atoms with Crippen LogP contribution in [0.15, 0.2) is 67.0 Å². The van der Waals surface area contributed by atoms with E-state index in [-0.39, 0.29) is 17.9 Å². The van der Waals surface area contributed by atoms with E-state index in [9.17, 15) is 4.79 Å². The molecule has 0 aliphatic carbocycles. The number of carbonyl (C=O) groups is 1. The smallest absolute Gasteiger partial charge is 0.224 e. The summed E-state index contributed by atoms with van der Waals surface area (Å²) >= 11 is 0. The first-order chi connectivity index (χ1) is 19.6. The SMILES string of the molecule is COCCCn1c(C2CCCN(C(=O)CC(N)Cc3ccc(-c4ccncc4OC)cc3)C2)nc2ccccc21. The van der Waals surface area contributed by atoms with Crippen LogP contribution in [0, 0.1) is 0 Å². The van der Waals surface area contributed by atoms with E-state index < -0.39 is 0 Å². The lowest BCUT2D eigenvalue weighted by Gasteiger charge is -2.33. The van der Waals surface area contributed by atoms with Gasteiger partial charge in [0.25, 0.3) is 0 Å². The summed E-state index contributed by atoms with van der Waals surface area (Å²) in [5.41, 5.74) is 11.8. The van der Waals surface area contributed by atoms with E-state index in [0.717, 1.165) is 71.6 Å². The molecule has 2 atom stereocenters. The number of para-hydroxylation sites is 2. The van der Waals surface area contributed by atoms with Crippen LogP contribution in [0.5, 0.6) is 5.75 Å². The molecule has 4 aromatic rings. The Bertz CT molecular complexity index is 1420. The van der Waals surface area contributed by atoms with Gasteiger partial charge in [-0.1, -0.05) is 36.4 Å². The third-order valence-corrected chi connectivity index (χ3v) is 7.76. The second-order valence-electron chi connectivity index (χ2n) is 10.6. The lowest BCUT2D eigenvalue weighted by molar-refractivity contribution is -0.132. The number of imidazole rings is 1. The normalized spacial score (nSPS) is 16.3. The van der Waals surface area contributed by atoms with Crippen LogP contribution in [0.3, 0.4) is 0 Å². The Labute approximate surface area is 236 Å². The first-order valence-electron chi connectivity index (χ1n) is 14.1. The molecule has 1 aliphatic heterocycles. The molecular formula is C32H39N5O3. The summed E-state index contributed by atoms with van der Waals surface area (Å²) in [4.78, 5) is 24.5. The number of fused-ring (bicyclic) bond motifs is 1. The monoisotopic (exact) mass is 541 g/mol. The highest BCUT2D eigenvalue weighted by Gasteiger charge is 2.29. The van der Waals surface area contributed by atoms with Crippen LogP contribution < -0.4 is 10.5 Å². The maximum atomic E-state index is 13.3. The Morgan fingerprint density at radius 3 is 2.75 bits per heavy atom. The van der Waals surface area contributed by atoms with Gasteiger partial charge in [-0.25, -0.2) is 4.98 Å². The number of nitrogens with zero attached hydrogens (tertiary/aromatic N) is 4. The fraction of sp³-hybridized carbons (Fsp3) is 0.406. The van der Waals surface area contributed by atoms with Crippen LogP contribution >= 0.6 is 0 Å². The maximum Gasteiger partial charge on any atom is 0.224 e. The Morgan fingerprint density at radius 1 is 1.12 bits per heavy atom. The van der Waals surface area contributed by atoms with E-state index in [1.807, 2.05) is 17.0 Å². The highest BCUT2D eigenvalue weighted by molar-refractivity contribution is 5.78. The zero-order chi connectivity index (χ0) is 27.9. The number of hydrogen-bond donors (Lipinski definition) is 1. The third-order valence-electron chi connectivity index (χ3n) is 7.76. The number of benzene rings is 2. The zero-order valence-corrected chi connectivity index (χ0v) is 23.5. The van der Waals surface area contributed by atoms with Crippen molar-refractivity contribution >= 4 is 16.9 Å². The van der Waals surface area contributed by atoms with E-state index >= 15 is 0 Å². The van der Waals surface area contributed by atoms with Crippen molar-refractivity contribution in [3.63, 3.8) is 0 Å². The molecule has 5 rings (SSSR count). The summed E-state index contributed by atoms with van der Waals surface area (Å²) in [5, 5.41) is 0. The number of nitrogens with two attached hydrogens (primary N) is 1. The molecule has 210 valence electrons. The van der Waals surface area contributed by atoms with E-state index in [0.29, 0.717) is 26.0 Å². The van der Waals surface area contributed by atoms with Crippen LogP contribution in [0.4, 0.5) is 0 Å². The van der Waals surface area contributed by atoms with Gasteiger partial charge in [-0.05, 0) is 55.0 Å². The minimum atomic E-state index is -0.243. The number of amides is 1. The van der Waals surface area contributed by atoms with Crippen molar-refractivity contribution in [3.8, 4) is 16.9 Å². The number of carbonyl (C=O) groups excluding carboxylic acids is 1. The number of aromatic nitrogens is 3. The van der Waals surface area contributed by atoms with Gasteiger partial charge in [0.05, 0.1) is 24.3 Å². The Kier molecular flexibility index (Phi) is 9.08. The summed E-state index contributed by atoms with van der Waals surface area (Å²) in [7, 11) is 3.38. The van der Waals surface area contributed by atoms with Crippen LogP contribution in [0.1, 0.15) is 43.0 Å². The van der Waals surface area contributed by atoms with Crippen LogP contribution in [-0.4, -0.2) is 65.3 Å². The van der Waals surface area contributed by atoms with E-state index in [2.05, 4.69) is 52.0 Å². The van der Waals surface area contributed by atoms with Crippen molar-refractivity contribution in [1.29, 1.82) is 0 Å². The molecule has 0 spiro atoms. The largest absolute Gasteiger partial charge is 0.494 e. The molecule has 1 saturated heterocycles. The van der Waals surface area contributed by atoms with Crippen molar-refractivity contribution in [3.05, 3.63) is 78.4 Å². The van der Waals surface area contributed by atoms with E-state index in [1.54, 1.807) is 26.6 Å². The molecule has 2 aromatic carbocycles. The van der Waals surface area contributed by atoms with Crippen molar-refractivity contribution in [2.24, 2.45) is 5.73 Å². The average Bonchev–Trinajstić information content (AvgIpc) is 3.36. The predicted molar refractivity (Wildman–Crippen MR) is 157 cm³/mol. The number of piperidine rings is 1. The fourth-order valence-corrected chi connectivity index (χ4v) is 5.75. The topological polar surface area (TPSA) is 95.5 Å². The molecule has 8 heteroatoms. The van der Waals surface area contributed by atoms with Gasteiger partial charge in [0.1, 0.15) is 11.6 Å². The second kappa shape index (κ2) is 13.1. The van der Waals surface area contributed by atoms with Gasteiger partial charge in [0.15, 0.2) is 0 Å². The predicted octanol–water partition coefficient (Wildman–Crippen LogP) is 4.81. The van der Waals surface area contributed by atoms with Crippen molar-refractivity contribution in [2.75, 3.05) is 33.9 Å². The number of pyridine rings is 1. The standard InChI is InChI=1S/C32H39N5O3/c1-39-18-6-17-37-29-9-4-3-8-28(29)35-32(37)25-7-5-16-36(22-25)31(38)20-26(33)19-23-10-12-24(13-11-23)27-14-15-34-21-30(27)40-2/h3-4,8-15,21,25-26H,5-7,16-20,22,33H2,1-2H3. The van der Waals surface area contributed by atoms with E-state index in [4.69, 9.17) is 20.2 Å². The van der Waals surface area contributed by atoms with Gasteiger partial charge in [0.2, 0.25) is 5.91 Å². The number of methoxy groups -OCH3 is 2. The molecule has 8 nitrogen and oxygen atoms in total. The minimum absolute atomic E-state index is 0.123. The lowest BCUT2D eigenvalue weighted by atomic mass is 9.95. The number of ether oxygens (including phenoxy) is 2.